The van der Waals surface area contributed by atoms with E-state index >= 15 is 0 Å². The number of nitrogens with zero attached hydrogens (tertiary/aromatic N) is 2. The van der Waals surface area contributed by atoms with E-state index in [9.17, 15) is 0 Å². The van der Waals surface area contributed by atoms with Crippen molar-refractivity contribution in [1.29, 1.82) is 0 Å². The first-order valence-electron chi connectivity index (χ1n) is 8.01. The van der Waals surface area contributed by atoms with E-state index in [4.69, 9.17) is 0 Å². The molecule has 0 saturated heterocycles. The highest BCUT2D eigenvalue weighted by atomic mass is 15.3. The van der Waals surface area contributed by atoms with E-state index in [1.807, 2.05) is 16.9 Å². The maximum atomic E-state index is 4.47. The second kappa shape index (κ2) is 6.44. The number of nitrogens with one attached hydrogen (secondary N) is 1. The van der Waals surface area contributed by atoms with Crippen LogP contribution in [0.3, 0.4) is 0 Å². The molecule has 3 unspecified atom stereocenters. The van der Waals surface area contributed by atoms with Crippen molar-refractivity contribution < 1.29 is 0 Å². The molecule has 112 valence electrons. The Morgan fingerprint density at radius 1 is 1.14 bits per heavy atom. The largest absolute Gasteiger partial charge is 0.310 e. The van der Waals surface area contributed by atoms with Crippen molar-refractivity contribution in [2.24, 2.45) is 11.8 Å². The molecule has 1 aromatic heterocycles. The molecule has 21 heavy (non-hydrogen) atoms. The number of aromatic nitrogens is 2. The van der Waals surface area contributed by atoms with Crippen LogP contribution in [0.15, 0.2) is 42.7 Å². The van der Waals surface area contributed by atoms with Crippen LogP contribution in [-0.2, 0) is 13.1 Å². The fourth-order valence-electron chi connectivity index (χ4n) is 3.26. The molecular formula is C18H25N3. The quantitative estimate of drug-likeness (QED) is 0.911. The summed E-state index contributed by atoms with van der Waals surface area (Å²) in [5.41, 5.74) is 2.57. The van der Waals surface area contributed by atoms with Gasteiger partial charge in [-0.3, -0.25) is 4.68 Å². The molecule has 0 radical (unpaired) electrons. The summed E-state index contributed by atoms with van der Waals surface area (Å²) in [4.78, 5) is 0. The van der Waals surface area contributed by atoms with Gasteiger partial charge in [0.25, 0.3) is 0 Å². The van der Waals surface area contributed by atoms with Crippen LogP contribution < -0.4 is 5.32 Å². The Balaban J connectivity index is 1.53. The third kappa shape index (κ3) is 3.53. The van der Waals surface area contributed by atoms with Gasteiger partial charge in [0.1, 0.15) is 0 Å². The Bertz CT molecular complexity index is 561. The number of hydrogen-bond acceptors (Lipinski definition) is 2. The molecule has 0 bridgehead atoms. The van der Waals surface area contributed by atoms with Gasteiger partial charge in [0.2, 0.25) is 0 Å². The average molecular weight is 283 g/mol. The van der Waals surface area contributed by atoms with Crippen LogP contribution in [0.1, 0.15) is 37.8 Å². The minimum atomic E-state index is 0.664. The van der Waals surface area contributed by atoms with Crippen LogP contribution in [0, 0.1) is 11.8 Å². The molecule has 1 aliphatic rings. The molecule has 2 aromatic rings. The topological polar surface area (TPSA) is 29.9 Å². The monoisotopic (exact) mass is 283 g/mol. The molecule has 1 heterocycles. The van der Waals surface area contributed by atoms with Crippen molar-refractivity contribution in [3.05, 3.63) is 53.9 Å². The molecule has 3 heteroatoms. The lowest BCUT2D eigenvalue weighted by molar-refractivity contribution is 0.370. The van der Waals surface area contributed by atoms with Crippen molar-refractivity contribution in [3.8, 4) is 0 Å². The maximum absolute atomic E-state index is 4.47. The summed E-state index contributed by atoms with van der Waals surface area (Å²) in [6.45, 7) is 6.51. The average Bonchev–Trinajstić information content (AvgIpc) is 3.07. The van der Waals surface area contributed by atoms with Gasteiger partial charge < -0.3 is 5.32 Å². The van der Waals surface area contributed by atoms with Crippen LogP contribution in [0.4, 0.5) is 0 Å². The number of rotatable bonds is 5. The van der Waals surface area contributed by atoms with Crippen molar-refractivity contribution >= 4 is 0 Å². The summed E-state index contributed by atoms with van der Waals surface area (Å²) < 4.78 is 2.02. The fraction of sp³-hybridized carbons (Fsp3) is 0.500. The summed E-state index contributed by atoms with van der Waals surface area (Å²) in [6.07, 6.45) is 6.80. The van der Waals surface area contributed by atoms with Crippen molar-refractivity contribution in [2.75, 3.05) is 0 Å². The number of hydrogen-bond donors (Lipinski definition) is 1. The first kappa shape index (κ1) is 14.3. The van der Waals surface area contributed by atoms with E-state index in [0.717, 1.165) is 24.9 Å². The lowest BCUT2D eigenvalue weighted by Gasteiger charge is -2.19. The first-order valence-corrected chi connectivity index (χ1v) is 8.01. The van der Waals surface area contributed by atoms with E-state index < -0.39 is 0 Å². The third-order valence-electron chi connectivity index (χ3n) is 4.91. The van der Waals surface area contributed by atoms with Gasteiger partial charge in [-0.25, -0.2) is 0 Å². The van der Waals surface area contributed by atoms with Crippen molar-refractivity contribution in [3.63, 3.8) is 0 Å². The van der Waals surface area contributed by atoms with Gasteiger partial charge in [0.05, 0.1) is 12.7 Å². The second-order valence-corrected chi connectivity index (χ2v) is 6.43. The molecule has 0 aliphatic heterocycles. The summed E-state index contributed by atoms with van der Waals surface area (Å²) in [5.74, 6) is 1.63. The highest BCUT2D eigenvalue weighted by molar-refractivity contribution is 5.15. The third-order valence-corrected chi connectivity index (χ3v) is 4.91. The summed E-state index contributed by atoms with van der Waals surface area (Å²) in [5, 5.41) is 8.17. The van der Waals surface area contributed by atoms with Crippen LogP contribution in [0.25, 0.3) is 0 Å². The number of benzene rings is 1. The van der Waals surface area contributed by atoms with Crippen LogP contribution in [-0.4, -0.2) is 15.8 Å². The maximum Gasteiger partial charge on any atom is 0.0659 e. The lowest BCUT2D eigenvalue weighted by atomic mass is 9.98. The molecule has 1 N–H and O–H groups in total. The lowest BCUT2D eigenvalue weighted by Crippen LogP contribution is -2.31. The van der Waals surface area contributed by atoms with Gasteiger partial charge in [-0.1, -0.05) is 44.2 Å². The van der Waals surface area contributed by atoms with Gasteiger partial charge in [0, 0.05) is 24.3 Å². The normalized spacial score (nSPS) is 25.3. The summed E-state index contributed by atoms with van der Waals surface area (Å²) in [6, 6.07) is 11.1. The molecule has 0 spiro atoms. The highest BCUT2D eigenvalue weighted by Gasteiger charge is 2.28. The summed E-state index contributed by atoms with van der Waals surface area (Å²) >= 11 is 0. The van der Waals surface area contributed by atoms with Crippen LogP contribution in [0.2, 0.25) is 0 Å². The van der Waals surface area contributed by atoms with Gasteiger partial charge in [-0.2, -0.15) is 5.10 Å². The SMILES string of the molecule is CC1CCC(NCc2cnn(Cc3ccccc3)c2)C1C. The Hall–Kier alpha value is -1.61. The van der Waals surface area contributed by atoms with Crippen molar-refractivity contribution in [1.82, 2.24) is 15.1 Å². The molecule has 1 aliphatic carbocycles. The van der Waals surface area contributed by atoms with Gasteiger partial charge in [-0.05, 0) is 30.2 Å². The molecule has 1 aromatic carbocycles. The Morgan fingerprint density at radius 3 is 2.67 bits per heavy atom. The van der Waals surface area contributed by atoms with E-state index in [2.05, 4.69) is 54.7 Å². The minimum Gasteiger partial charge on any atom is -0.310 e. The standard InChI is InChI=1S/C18H25N3/c1-14-8-9-18(15(14)2)19-10-17-11-20-21(13-17)12-16-6-4-3-5-7-16/h3-7,11,13-15,18-19H,8-10,12H2,1-2H3. The van der Waals surface area contributed by atoms with Gasteiger partial charge in [-0.15, -0.1) is 0 Å². The summed E-state index contributed by atoms with van der Waals surface area (Å²) in [7, 11) is 0. The Morgan fingerprint density at radius 2 is 1.95 bits per heavy atom. The zero-order valence-corrected chi connectivity index (χ0v) is 13.0. The molecule has 3 rings (SSSR count). The smallest absolute Gasteiger partial charge is 0.0659 e. The van der Waals surface area contributed by atoms with E-state index in [-0.39, 0.29) is 0 Å². The predicted octanol–water partition coefficient (Wildman–Crippen LogP) is 3.46. The van der Waals surface area contributed by atoms with Crippen molar-refractivity contribution in [2.45, 2.75) is 45.8 Å². The van der Waals surface area contributed by atoms with E-state index in [1.54, 1.807) is 0 Å². The molecule has 1 saturated carbocycles. The highest BCUT2D eigenvalue weighted by Crippen LogP contribution is 2.31. The van der Waals surface area contributed by atoms with E-state index in [0.29, 0.717) is 6.04 Å². The van der Waals surface area contributed by atoms with Crippen LogP contribution in [0.5, 0.6) is 0 Å². The van der Waals surface area contributed by atoms with E-state index in [1.165, 1.54) is 24.0 Å². The Labute approximate surface area is 127 Å². The van der Waals surface area contributed by atoms with Gasteiger partial charge >= 0.3 is 0 Å². The Kier molecular flexibility index (Phi) is 4.39. The molecule has 3 atom stereocenters. The second-order valence-electron chi connectivity index (χ2n) is 6.43. The first-order chi connectivity index (χ1) is 10.2. The van der Waals surface area contributed by atoms with Crippen LogP contribution >= 0.6 is 0 Å². The molecular weight excluding hydrogens is 258 g/mol. The zero-order valence-electron chi connectivity index (χ0n) is 13.0. The zero-order chi connectivity index (χ0) is 14.7. The molecule has 0 amide bonds. The predicted molar refractivity (Wildman–Crippen MR) is 86.0 cm³/mol. The van der Waals surface area contributed by atoms with Gasteiger partial charge in [0.15, 0.2) is 0 Å². The minimum absolute atomic E-state index is 0.664. The molecule has 1 fully saturated rings. The molecule has 3 nitrogen and oxygen atoms in total. The fourth-order valence-corrected chi connectivity index (χ4v) is 3.26.